The summed E-state index contributed by atoms with van der Waals surface area (Å²) in [6.07, 6.45) is 0. The minimum absolute atomic E-state index is 0.00105. The normalized spacial score (nSPS) is 11.0. The van der Waals surface area contributed by atoms with Gasteiger partial charge in [0.2, 0.25) is 9.84 Å². The third kappa shape index (κ3) is 2.90. The molecule has 3 nitrogen and oxygen atoms in total. The van der Waals surface area contributed by atoms with Crippen molar-refractivity contribution in [1.82, 2.24) is 0 Å². The van der Waals surface area contributed by atoms with Gasteiger partial charge in [-0.1, -0.05) is 29.3 Å². The first-order valence-electron chi connectivity index (χ1n) is 5.06. The summed E-state index contributed by atoms with van der Waals surface area (Å²) in [5.74, 6) is 0. The van der Waals surface area contributed by atoms with Gasteiger partial charge in [0.05, 0.1) is 21.4 Å². The quantitative estimate of drug-likeness (QED) is 0.853. The molecule has 1 radical (unpaired) electrons. The maximum Gasteiger partial charge on any atom is 0.206 e. The molecule has 0 N–H and O–H groups in total. The third-order valence-corrected chi connectivity index (χ3v) is 4.52. The molecule has 19 heavy (non-hydrogen) atoms. The molecular formula is C13H6Cl2NO2S. The molecule has 0 aliphatic rings. The van der Waals surface area contributed by atoms with E-state index in [0.717, 1.165) is 0 Å². The SMILES string of the molecule is N#Cc1[c]ccc(S(=O)(=O)c2cc(Cl)cc(Cl)c2)c1. The fourth-order valence-electron chi connectivity index (χ4n) is 1.50. The van der Waals surface area contributed by atoms with Crippen LogP contribution in [-0.4, -0.2) is 8.42 Å². The van der Waals surface area contributed by atoms with E-state index < -0.39 is 9.84 Å². The maximum atomic E-state index is 12.4. The van der Waals surface area contributed by atoms with Crippen LogP contribution >= 0.6 is 23.2 Å². The lowest BCUT2D eigenvalue weighted by Crippen LogP contribution is -2.02. The third-order valence-electron chi connectivity index (χ3n) is 2.35. The zero-order chi connectivity index (χ0) is 14.0. The Morgan fingerprint density at radius 3 is 2.26 bits per heavy atom. The van der Waals surface area contributed by atoms with Crippen molar-refractivity contribution in [2.75, 3.05) is 0 Å². The minimum atomic E-state index is -3.76. The van der Waals surface area contributed by atoms with Crippen molar-refractivity contribution >= 4 is 33.0 Å². The first-order valence-corrected chi connectivity index (χ1v) is 7.30. The van der Waals surface area contributed by atoms with E-state index in [9.17, 15) is 8.42 Å². The summed E-state index contributed by atoms with van der Waals surface area (Å²) in [7, 11) is -3.76. The lowest BCUT2D eigenvalue weighted by molar-refractivity contribution is 0.596. The highest BCUT2D eigenvalue weighted by molar-refractivity contribution is 7.91. The van der Waals surface area contributed by atoms with Crippen LogP contribution in [0.4, 0.5) is 0 Å². The lowest BCUT2D eigenvalue weighted by Gasteiger charge is -2.06. The van der Waals surface area contributed by atoms with Crippen LogP contribution in [0.5, 0.6) is 0 Å². The van der Waals surface area contributed by atoms with E-state index in [0.29, 0.717) is 0 Å². The molecule has 95 valence electrons. The Morgan fingerprint density at radius 2 is 1.68 bits per heavy atom. The Kier molecular flexibility index (Phi) is 3.81. The molecule has 0 atom stereocenters. The Balaban J connectivity index is 2.62. The summed E-state index contributed by atoms with van der Waals surface area (Å²) in [5, 5.41) is 9.23. The Hall–Kier alpha value is -1.54. The van der Waals surface area contributed by atoms with Gasteiger partial charge in [-0.05, 0) is 30.3 Å². The average Bonchev–Trinajstić information content (AvgIpc) is 2.37. The monoisotopic (exact) mass is 310 g/mol. The van der Waals surface area contributed by atoms with E-state index in [-0.39, 0.29) is 25.4 Å². The fraction of sp³-hybridized carbons (Fsp3) is 0. The number of nitrogens with zero attached hydrogens (tertiary/aromatic N) is 1. The van der Waals surface area contributed by atoms with E-state index in [1.165, 1.54) is 36.4 Å². The summed E-state index contributed by atoms with van der Waals surface area (Å²) in [5.41, 5.74) is 0.147. The second-order valence-corrected chi connectivity index (χ2v) is 6.48. The molecule has 2 rings (SSSR count). The predicted octanol–water partition coefficient (Wildman–Crippen LogP) is 3.50. The summed E-state index contributed by atoms with van der Waals surface area (Å²) in [4.78, 5) is -0.0128. The zero-order valence-corrected chi connectivity index (χ0v) is 11.7. The molecule has 0 saturated heterocycles. The van der Waals surface area contributed by atoms with Crippen molar-refractivity contribution in [3.63, 3.8) is 0 Å². The van der Waals surface area contributed by atoms with Crippen molar-refractivity contribution < 1.29 is 8.42 Å². The zero-order valence-electron chi connectivity index (χ0n) is 9.39. The number of nitriles is 1. The molecule has 0 heterocycles. The van der Waals surface area contributed by atoms with Gasteiger partial charge >= 0.3 is 0 Å². The predicted molar refractivity (Wildman–Crippen MR) is 71.9 cm³/mol. The Morgan fingerprint density at radius 1 is 1.05 bits per heavy atom. The van der Waals surface area contributed by atoms with Crippen LogP contribution in [0.3, 0.4) is 0 Å². The van der Waals surface area contributed by atoms with Crippen LogP contribution in [0, 0.1) is 17.4 Å². The van der Waals surface area contributed by atoms with Crippen molar-refractivity contribution in [2.24, 2.45) is 0 Å². The average molecular weight is 311 g/mol. The molecule has 0 bridgehead atoms. The fourth-order valence-corrected chi connectivity index (χ4v) is 3.51. The lowest BCUT2D eigenvalue weighted by atomic mass is 10.2. The van der Waals surface area contributed by atoms with Crippen LogP contribution in [0.25, 0.3) is 0 Å². The van der Waals surface area contributed by atoms with Gasteiger partial charge in [-0.2, -0.15) is 5.26 Å². The van der Waals surface area contributed by atoms with Crippen LogP contribution in [-0.2, 0) is 9.84 Å². The minimum Gasteiger partial charge on any atom is -0.219 e. The van der Waals surface area contributed by atoms with Gasteiger partial charge in [0.25, 0.3) is 0 Å². The molecule has 0 amide bonds. The van der Waals surface area contributed by atoms with E-state index in [1.807, 2.05) is 6.07 Å². The van der Waals surface area contributed by atoms with Crippen LogP contribution < -0.4 is 0 Å². The summed E-state index contributed by atoms with van der Waals surface area (Å²) >= 11 is 11.6. The number of benzene rings is 2. The van der Waals surface area contributed by atoms with Crippen molar-refractivity contribution in [2.45, 2.75) is 9.79 Å². The first-order chi connectivity index (χ1) is 8.93. The largest absolute Gasteiger partial charge is 0.219 e. The number of halogens is 2. The van der Waals surface area contributed by atoms with Gasteiger partial charge in [0.15, 0.2) is 0 Å². The molecule has 2 aromatic rings. The molecule has 0 saturated carbocycles. The van der Waals surface area contributed by atoms with E-state index in [2.05, 4.69) is 6.07 Å². The standard InChI is InChI=1S/C13H6Cl2NO2S/c14-10-5-11(15)7-13(6-10)19(17,18)12-3-1-2-9(4-12)8-16/h1,3-7H. The van der Waals surface area contributed by atoms with Crippen molar-refractivity contribution in [3.05, 3.63) is 58.1 Å². The molecule has 0 aromatic heterocycles. The van der Waals surface area contributed by atoms with E-state index in [1.54, 1.807) is 0 Å². The van der Waals surface area contributed by atoms with Crippen molar-refractivity contribution in [3.8, 4) is 6.07 Å². The van der Waals surface area contributed by atoms with Gasteiger partial charge in [0, 0.05) is 16.1 Å². The smallest absolute Gasteiger partial charge is 0.206 e. The van der Waals surface area contributed by atoms with Gasteiger partial charge in [-0.25, -0.2) is 8.42 Å². The van der Waals surface area contributed by atoms with Crippen LogP contribution in [0.2, 0.25) is 10.0 Å². The molecule has 2 aromatic carbocycles. The molecule has 0 fully saturated rings. The second kappa shape index (κ2) is 5.22. The molecule has 6 heteroatoms. The van der Waals surface area contributed by atoms with E-state index >= 15 is 0 Å². The maximum absolute atomic E-state index is 12.4. The first kappa shape index (κ1) is 13.9. The van der Waals surface area contributed by atoms with Crippen LogP contribution in [0.15, 0.2) is 46.2 Å². The van der Waals surface area contributed by atoms with Gasteiger partial charge in [-0.3, -0.25) is 0 Å². The summed E-state index contributed by atoms with van der Waals surface area (Å²) < 4.78 is 24.7. The molecule has 0 aliphatic heterocycles. The molecule has 0 unspecified atom stereocenters. The molecule has 0 spiro atoms. The summed E-state index contributed by atoms with van der Waals surface area (Å²) in [6.45, 7) is 0. The highest BCUT2D eigenvalue weighted by Crippen LogP contribution is 2.27. The Labute approximate surface area is 120 Å². The number of sulfone groups is 1. The van der Waals surface area contributed by atoms with Gasteiger partial charge in [0.1, 0.15) is 0 Å². The van der Waals surface area contributed by atoms with Gasteiger partial charge in [-0.15, -0.1) is 0 Å². The number of rotatable bonds is 2. The number of hydrogen-bond acceptors (Lipinski definition) is 3. The topological polar surface area (TPSA) is 57.9 Å². The van der Waals surface area contributed by atoms with Gasteiger partial charge < -0.3 is 0 Å². The van der Waals surface area contributed by atoms with Crippen molar-refractivity contribution in [1.29, 1.82) is 5.26 Å². The molecule has 0 aliphatic carbocycles. The van der Waals surface area contributed by atoms with E-state index in [4.69, 9.17) is 28.5 Å². The highest BCUT2D eigenvalue weighted by atomic mass is 35.5. The summed E-state index contributed by atoms with van der Waals surface area (Å²) in [6, 6.07) is 12.5. The molecular weight excluding hydrogens is 305 g/mol. The number of hydrogen-bond donors (Lipinski definition) is 0. The Bertz CT molecular complexity index is 759. The van der Waals surface area contributed by atoms with Crippen LogP contribution in [0.1, 0.15) is 5.56 Å². The second-order valence-electron chi connectivity index (χ2n) is 3.66. The highest BCUT2D eigenvalue weighted by Gasteiger charge is 2.19.